The molecule has 0 radical (unpaired) electrons. The summed E-state index contributed by atoms with van der Waals surface area (Å²) >= 11 is 0. The van der Waals surface area contributed by atoms with E-state index in [0.717, 1.165) is 29.3 Å². The first kappa shape index (κ1) is 14.8. The Labute approximate surface area is 116 Å². The maximum absolute atomic E-state index is 13.9. The van der Waals surface area contributed by atoms with E-state index in [1.54, 1.807) is 0 Å². The largest absolute Gasteiger partial charge is 0.394 e. The predicted molar refractivity (Wildman–Crippen MR) is 71.1 cm³/mol. The molecule has 7 heteroatoms. The number of hydrogen-bond acceptors (Lipinski definition) is 3. The van der Waals surface area contributed by atoms with Gasteiger partial charge in [0.25, 0.3) is 0 Å². The first-order valence-corrected chi connectivity index (χ1v) is 7.49. The van der Waals surface area contributed by atoms with E-state index >= 15 is 0 Å². The van der Waals surface area contributed by atoms with E-state index in [1.807, 2.05) is 0 Å². The minimum Gasteiger partial charge on any atom is -0.394 e. The monoisotopic (exact) mass is 300 g/mol. The van der Waals surface area contributed by atoms with Crippen molar-refractivity contribution < 1.29 is 17.2 Å². The molecule has 108 valence electrons. The van der Waals surface area contributed by atoms with Gasteiger partial charge in [0.15, 0.2) is 5.82 Å². The molecule has 0 atom stereocenters. The summed E-state index contributed by atoms with van der Waals surface area (Å²) in [7, 11) is -4.12. The number of terminal acetylenes is 1. The summed E-state index contributed by atoms with van der Waals surface area (Å²) in [6.07, 6.45) is 7.00. The van der Waals surface area contributed by atoms with Gasteiger partial charge in [-0.25, -0.2) is 17.2 Å². The molecule has 1 saturated carbocycles. The lowest BCUT2D eigenvalue weighted by atomic mass is 10.3. The molecule has 4 nitrogen and oxygen atoms in total. The number of anilines is 1. The van der Waals surface area contributed by atoms with E-state index < -0.39 is 32.2 Å². The number of nitrogens with zero attached hydrogens (tertiary/aromatic N) is 1. The first-order valence-electron chi connectivity index (χ1n) is 6.05. The average molecular weight is 300 g/mol. The van der Waals surface area contributed by atoms with Gasteiger partial charge >= 0.3 is 0 Å². The van der Waals surface area contributed by atoms with Crippen LogP contribution in [0, 0.1) is 29.9 Å². The van der Waals surface area contributed by atoms with E-state index in [9.17, 15) is 17.2 Å². The highest BCUT2D eigenvalue weighted by atomic mass is 32.2. The molecule has 1 aromatic rings. The molecule has 0 aromatic heterocycles. The highest BCUT2D eigenvalue weighted by molar-refractivity contribution is 7.89. The Balaban J connectivity index is 2.42. The van der Waals surface area contributed by atoms with Crippen LogP contribution < -0.4 is 5.73 Å². The molecule has 0 saturated heterocycles. The number of nitrogens with two attached hydrogens (primary N) is 1. The molecule has 0 unspecified atom stereocenters. The van der Waals surface area contributed by atoms with Crippen LogP contribution in [0.4, 0.5) is 14.5 Å². The molecule has 2 N–H and O–H groups in total. The van der Waals surface area contributed by atoms with Crippen LogP contribution in [0.2, 0.25) is 0 Å². The average Bonchev–Trinajstić information content (AvgIpc) is 3.19. The predicted octanol–water partition coefficient (Wildman–Crippen LogP) is 1.58. The zero-order chi connectivity index (χ0) is 14.9. The van der Waals surface area contributed by atoms with Gasteiger partial charge in [-0.2, -0.15) is 4.31 Å². The fourth-order valence-electron chi connectivity index (χ4n) is 1.83. The van der Waals surface area contributed by atoms with Crippen LogP contribution in [0.25, 0.3) is 0 Å². The van der Waals surface area contributed by atoms with Gasteiger partial charge in [0.2, 0.25) is 10.0 Å². The normalized spacial score (nSPS) is 15.3. The van der Waals surface area contributed by atoms with Crippen LogP contribution in [0.5, 0.6) is 0 Å². The Morgan fingerprint density at radius 3 is 2.60 bits per heavy atom. The summed E-state index contributed by atoms with van der Waals surface area (Å²) in [4.78, 5) is -0.646. The Morgan fingerprint density at radius 2 is 2.05 bits per heavy atom. The van der Waals surface area contributed by atoms with Gasteiger partial charge in [0.1, 0.15) is 16.4 Å². The van der Waals surface area contributed by atoms with E-state index in [4.69, 9.17) is 12.2 Å². The number of hydrogen-bond donors (Lipinski definition) is 1. The third kappa shape index (κ3) is 2.76. The Kier molecular flexibility index (Phi) is 3.97. The first-order chi connectivity index (χ1) is 9.37. The Morgan fingerprint density at radius 1 is 1.40 bits per heavy atom. The van der Waals surface area contributed by atoms with Gasteiger partial charge in [-0.3, -0.25) is 0 Å². The summed E-state index contributed by atoms with van der Waals surface area (Å²) in [6, 6.07) is 1.70. The van der Waals surface area contributed by atoms with Gasteiger partial charge in [0, 0.05) is 6.54 Å². The summed E-state index contributed by atoms with van der Waals surface area (Å²) in [5.74, 6) is 0.222. The SMILES string of the molecule is C#CCN(CC1CC1)S(=O)(=O)c1ccc(F)c(N)c1F. The molecule has 1 aliphatic carbocycles. The van der Waals surface area contributed by atoms with Crippen molar-refractivity contribution in [3.8, 4) is 12.3 Å². The van der Waals surface area contributed by atoms with Crippen molar-refractivity contribution in [3.63, 3.8) is 0 Å². The van der Waals surface area contributed by atoms with Crippen LogP contribution in [-0.4, -0.2) is 25.8 Å². The molecule has 0 spiro atoms. The number of rotatable bonds is 5. The van der Waals surface area contributed by atoms with Crippen molar-refractivity contribution in [2.24, 2.45) is 5.92 Å². The zero-order valence-corrected chi connectivity index (χ0v) is 11.5. The molecule has 0 amide bonds. The molecule has 0 aliphatic heterocycles. The lowest BCUT2D eigenvalue weighted by Crippen LogP contribution is -2.34. The summed E-state index contributed by atoms with van der Waals surface area (Å²) in [5.41, 5.74) is 4.39. The molecule has 0 heterocycles. The van der Waals surface area contributed by atoms with Gasteiger partial charge in [-0.15, -0.1) is 6.42 Å². The van der Waals surface area contributed by atoms with Gasteiger partial charge in [-0.05, 0) is 30.9 Å². The fourth-order valence-corrected chi connectivity index (χ4v) is 3.33. The number of halogens is 2. The number of benzene rings is 1. The van der Waals surface area contributed by atoms with Crippen LogP contribution >= 0.6 is 0 Å². The second-order valence-corrected chi connectivity index (χ2v) is 6.62. The topological polar surface area (TPSA) is 63.4 Å². The lowest BCUT2D eigenvalue weighted by molar-refractivity contribution is 0.425. The number of sulfonamides is 1. The second-order valence-electron chi connectivity index (χ2n) is 4.72. The van der Waals surface area contributed by atoms with Crippen molar-refractivity contribution in [3.05, 3.63) is 23.8 Å². The molecule has 0 bridgehead atoms. The summed E-state index contributed by atoms with van der Waals surface area (Å²) < 4.78 is 52.8. The highest BCUT2D eigenvalue weighted by Gasteiger charge is 2.33. The molecule has 20 heavy (non-hydrogen) atoms. The fraction of sp³-hybridized carbons (Fsp3) is 0.385. The smallest absolute Gasteiger partial charge is 0.246 e. The maximum Gasteiger partial charge on any atom is 0.246 e. The highest BCUT2D eigenvalue weighted by Crippen LogP contribution is 2.32. The van der Waals surface area contributed by atoms with Gasteiger partial charge in [-0.1, -0.05) is 5.92 Å². The van der Waals surface area contributed by atoms with Gasteiger partial charge < -0.3 is 5.73 Å². The summed E-state index contributed by atoms with van der Waals surface area (Å²) in [5, 5.41) is 0. The van der Waals surface area contributed by atoms with Crippen LogP contribution in [-0.2, 0) is 10.0 Å². The third-order valence-corrected chi connectivity index (χ3v) is 4.96. The Hall–Kier alpha value is -1.65. The number of nitrogen functional groups attached to an aromatic ring is 1. The van der Waals surface area contributed by atoms with Crippen molar-refractivity contribution in [1.82, 2.24) is 4.31 Å². The quantitative estimate of drug-likeness (QED) is 0.663. The van der Waals surface area contributed by atoms with Crippen molar-refractivity contribution in [2.75, 3.05) is 18.8 Å². The third-order valence-electron chi connectivity index (χ3n) is 3.14. The van der Waals surface area contributed by atoms with E-state index in [0.29, 0.717) is 0 Å². The van der Waals surface area contributed by atoms with Crippen molar-refractivity contribution in [2.45, 2.75) is 17.7 Å². The molecule has 2 rings (SSSR count). The maximum atomic E-state index is 13.9. The van der Waals surface area contributed by atoms with Crippen molar-refractivity contribution >= 4 is 15.7 Å². The Bertz CT molecular complexity index is 664. The molecule has 1 fully saturated rings. The summed E-state index contributed by atoms with van der Waals surface area (Å²) in [6.45, 7) is 0.0822. The minimum absolute atomic E-state index is 0.157. The lowest BCUT2D eigenvalue weighted by Gasteiger charge is -2.20. The molecular formula is C13H14F2N2O2S. The standard InChI is InChI=1S/C13H14F2N2O2S/c1-2-7-17(8-9-3-4-9)20(18,19)11-6-5-10(14)13(16)12(11)15/h1,5-6,9H,3-4,7-8,16H2. The van der Waals surface area contributed by atoms with Crippen LogP contribution in [0.1, 0.15) is 12.8 Å². The molecule has 1 aliphatic rings. The second kappa shape index (κ2) is 5.38. The van der Waals surface area contributed by atoms with E-state index in [-0.39, 0.29) is 19.0 Å². The molecular weight excluding hydrogens is 286 g/mol. The van der Waals surface area contributed by atoms with Gasteiger partial charge in [0.05, 0.1) is 6.54 Å². The van der Waals surface area contributed by atoms with Crippen LogP contribution in [0.15, 0.2) is 17.0 Å². The van der Waals surface area contributed by atoms with E-state index in [1.165, 1.54) is 0 Å². The van der Waals surface area contributed by atoms with Crippen molar-refractivity contribution in [1.29, 1.82) is 0 Å². The minimum atomic E-state index is -4.12. The van der Waals surface area contributed by atoms with Crippen LogP contribution in [0.3, 0.4) is 0 Å². The zero-order valence-electron chi connectivity index (χ0n) is 10.6. The van der Waals surface area contributed by atoms with E-state index in [2.05, 4.69) is 5.92 Å². The molecule has 1 aromatic carbocycles.